The summed E-state index contributed by atoms with van der Waals surface area (Å²) in [6, 6.07) is 17.1. The first-order valence-corrected chi connectivity index (χ1v) is 26.1. The molecule has 4 heterocycles. The molecule has 1 aliphatic carbocycles. The van der Waals surface area contributed by atoms with Crippen molar-refractivity contribution in [1.29, 1.82) is 0 Å². The van der Waals surface area contributed by atoms with Gasteiger partial charge in [-0.05, 0) is 124 Å². The highest BCUT2D eigenvalue weighted by Gasteiger charge is 2.57. The molecule has 1 amide bonds. The van der Waals surface area contributed by atoms with Gasteiger partial charge in [0.05, 0.1) is 30.5 Å². The van der Waals surface area contributed by atoms with Crippen molar-refractivity contribution in [3.05, 3.63) is 89.7 Å². The third-order valence-corrected chi connectivity index (χ3v) is 16.1. The molecule has 1 saturated carbocycles. The minimum atomic E-state index is -2.59. The fourth-order valence-corrected chi connectivity index (χ4v) is 11.5. The number of hydrogen-bond donors (Lipinski definition) is 4. The predicted octanol–water partition coefficient (Wildman–Crippen LogP) is 6.88. The number of fused-ring (bicyclic) bond motifs is 4. The number of aromatic nitrogens is 1. The maximum absolute atomic E-state index is 14.6. The Balaban J connectivity index is 1.14. The molecule has 15 atom stereocenters. The van der Waals surface area contributed by atoms with Crippen LogP contribution in [-0.2, 0) is 44.7 Å². The Labute approximate surface area is 424 Å². The van der Waals surface area contributed by atoms with Gasteiger partial charge in [-0.2, -0.15) is 0 Å². The lowest BCUT2D eigenvalue weighted by molar-refractivity contribution is -0.302. The van der Waals surface area contributed by atoms with E-state index in [9.17, 15) is 39.6 Å². The fourth-order valence-electron chi connectivity index (χ4n) is 11.5. The van der Waals surface area contributed by atoms with E-state index < -0.39 is 102 Å². The monoisotopic (exact) mass is 999 g/mol. The number of benzene rings is 2. The molecule has 3 aromatic rings. The summed E-state index contributed by atoms with van der Waals surface area (Å²) in [5.41, 5.74) is 3.41. The largest absolute Gasteiger partial charge is 0.488 e. The molecular weight excluding hydrogens is 921 g/mol. The van der Waals surface area contributed by atoms with Crippen LogP contribution in [-0.4, -0.2) is 135 Å². The molecule has 4 aliphatic rings. The number of allylic oxidation sites excluding steroid dienone is 2. The summed E-state index contributed by atoms with van der Waals surface area (Å²) in [5.74, 6) is -8.24. The molecule has 394 valence electrons. The number of rotatable bonds is 9. The van der Waals surface area contributed by atoms with Crippen LogP contribution in [0.2, 0.25) is 0 Å². The number of nitrogens with zero attached hydrogens (tertiary/aromatic N) is 2. The van der Waals surface area contributed by atoms with Crippen LogP contribution >= 0.6 is 0 Å². The molecule has 4 N–H and O–H groups in total. The van der Waals surface area contributed by atoms with E-state index in [2.05, 4.69) is 29.0 Å². The summed E-state index contributed by atoms with van der Waals surface area (Å²) in [5, 5.41) is 48.2. The number of hydrogen-bond acceptors (Lipinski definition) is 13. The second-order valence-electron chi connectivity index (χ2n) is 21.2. The van der Waals surface area contributed by atoms with Crippen LogP contribution in [0.4, 0.5) is 0 Å². The minimum absolute atomic E-state index is 0.0456. The highest BCUT2D eigenvalue weighted by atomic mass is 16.7. The summed E-state index contributed by atoms with van der Waals surface area (Å²) < 4.78 is 32.9. The van der Waals surface area contributed by atoms with Crippen LogP contribution in [0.5, 0.6) is 5.75 Å². The molecular formula is C57H78N2O13. The predicted molar refractivity (Wildman–Crippen MR) is 271 cm³/mol. The zero-order valence-corrected chi connectivity index (χ0v) is 43.4. The van der Waals surface area contributed by atoms with Crippen molar-refractivity contribution in [1.82, 2.24) is 9.47 Å². The molecule has 2 saturated heterocycles. The SMILES string of the molecule is CCC1C=C(C)C(O)C(C)CC(OC)C2OC(O)(C(=O)C(=O)N3CCCCC3C(=O)OC(C(C)=CC3CCC(Oc4ccc5c(ccn5Cc5ccccc5)c4)C(O)C3)C(C)C(O)CC1=O)C(C)CC2OC. The number of ether oxygens (including phenoxy) is 5. The number of aliphatic hydroxyl groups excluding tert-OH is 3. The lowest BCUT2D eigenvalue weighted by Crippen LogP contribution is -2.64. The van der Waals surface area contributed by atoms with E-state index in [1.807, 2.05) is 56.3 Å². The number of esters is 1. The zero-order chi connectivity index (χ0) is 52.0. The molecule has 3 aliphatic heterocycles. The Bertz CT molecular complexity index is 2420. The molecule has 15 unspecified atom stereocenters. The summed E-state index contributed by atoms with van der Waals surface area (Å²) in [6.45, 7) is 11.3. The van der Waals surface area contributed by atoms with Gasteiger partial charge in [0.25, 0.3) is 11.7 Å². The Morgan fingerprint density at radius 1 is 0.875 bits per heavy atom. The van der Waals surface area contributed by atoms with Crippen LogP contribution in [0.3, 0.4) is 0 Å². The summed E-state index contributed by atoms with van der Waals surface area (Å²) in [7, 11) is 2.94. The average Bonchev–Trinajstić information content (AvgIpc) is 3.77. The van der Waals surface area contributed by atoms with Crippen LogP contribution in [0.15, 0.2) is 84.1 Å². The number of piperidine rings is 1. The van der Waals surface area contributed by atoms with Crippen molar-refractivity contribution in [2.75, 3.05) is 20.8 Å². The normalized spacial score (nSPS) is 35.2. The standard InChI is InChI=1S/C57H78N2O13/c1-9-40-26-33(2)51(63)34(3)27-49(68-7)53-50(69-8)28-36(5)57(67,72-53)54(64)55(65)59-23-14-13-17-44(59)56(66)71-52(37(6)45(60)31-46(40)61)35(4)25-39-18-21-48(47(62)29-39)70-42-19-20-43-41(30-42)22-24-58(43)32-38-15-11-10-12-16-38/h10-12,15-16,19-20,22,24-26,30,34,36-37,39-40,44-45,47-53,60,62-63,67H,9,13-14,17-18,21,23,27-29,31-32H2,1-8H3. The number of amides is 1. The number of methoxy groups -OCH3 is 2. The Hall–Kier alpha value is -4.74. The Morgan fingerprint density at radius 2 is 1.60 bits per heavy atom. The van der Waals surface area contributed by atoms with E-state index in [0.29, 0.717) is 55.4 Å². The molecule has 15 nitrogen and oxygen atoms in total. The minimum Gasteiger partial charge on any atom is -0.488 e. The van der Waals surface area contributed by atoms with Crippen molar-refractivity contribution in [3.63, 3.8) is 0 Å². The topological polar surface area (TPSA) is 204 Å². The molecule has 2 bridgehead atoms. The van der Waals surface area contributed by atoms with Gasteiger partial charge in [-0.3, -0.25) is 14.4 Å². The molecule has 15 heteroatoms. The average molecular weight is 999 g/mol. The van der Waals surface area contributed by atoms with Crippen LogP contribution in [0.1, 0.15) is 111 Å². The Morgan fingerprint density at radius 3 is 2.29 bits per heavy atom. The number of carbonyl (C=O) groups is 4. The van der Waals surface area contributed by atoms with Gasteiger partial charge in [-0.15, -0.1) is 0 Å². The second-order valence-corrected chi connectivity index (χ2v) is 21.2. The smallest absolute Gasteiger partial charge is 0.329 e. The third-order valence-electron chi connectivity index (χ3n) is 16.1. The van der Waals surface area contributed by atoms with Gasteiger partial charge in [-0.1, -0.05) is 70.2 Å². The Kier molecular flexibility index (Phi) is 18.4. The van der Waals surface area contributed by atoms with Crippen LogP contribution < -0.4 is 4.74 Å². The van der Waals surface area contributed by atoms with E-state index in [0.717, 1.165) is 22.3 Å². The quantitative estimate of drug-likeness (QED) is 0.0983. The number of cyclic esters (lactones) is 1. The number of ketones is 2. The first-order valence-electron chi connectivity index (χ1n) is 26.1. The van der Waals surface area contributed by atoms with Crippen molar-refractivity contribution >= 4 is 34.3 Å². The van der Waals surface area contributed by atoms with E-state index in [1.165, 1.54) is 19.8 Å². The summed E-state index contributed by atoms with van der Waals surface area (Å²) in [4.78, 5) is 58.6. The van der Waals surface area contributed by atoms with Crippen molar-refractivity contribution in [2.45, 2.75) is 173 Å². The molecule has 2 aromatic carbocycles. The number of aliphatic hydroxyl groups is 4. The fraction of sp³-hybridized carbons (Fsp3) is 0.614. The van der Waals surface area contributed by atoms with Gasteiger partial charge < -0.3 is 53.6 Å². The van der Waals surface area contributed by atoms with Gasteiger partial charge in [-0.25, -0.2) is 4.79 Å². The first kappa shape index (κ1) is 55.0. The van der Waals surface area contributed by atoms with Crippen molar-refractivity contribution in [2.24, 2.45) is 29.6 Å². The van der Waals surface area contributed by atoms with Gasteiger partial charge in [0, 0.05) is 68.6 Å². The lowest BCUT2D eigenvalue weighted by atomic mass is 9.81. The number of carbonyl (C=O) groups excluding carboxylic acids is 4. The second kappa shape index (κ2) is 24.1. The molecule has 0 spiro atoms. The van der Waals surface area contributed by atoms with E-state index >= 15 is 0 Å². The molecule has 0 radical (unpaired) electrons. The zero-order valence-electron chi connectivity index (χ0n) is 43.4. The summed E-state index contributed by atoms with van der Waals surface area (Å²) >= 11 is 0. The van der Waals surface area contributed by atoms with Crippen LogP contribution in [0, 0.1) is 29.6 Å². The first-order chi connectivity index (χ1) is 34.4. The van der Waals surface area contributed by atoms with E-state index in [4.69, 9.17) is 23.7 Å². The maximum Gasteiger partial charge on any atom is 0.329 e. The summed E-state index contributed by atoms with van der Waals surface area (Å²) in [6.07, 6.45) is 1.91. The van der Waals surface area contributed by atoms with Crippen molar-refractivity contribution < 1.29 is 63.3 Å². The van der Waals surface area contributed by atoms with Gasteiger partial charge in [0.2, 0.25) is 5.79 Å². The maximum atomic E-state index is 14.6. The van der Waals surface area contributed by atoms with Gasteiger partial charge in [0.1, 0.15) is 35.9 Å². The lowest BCUT2D eigenvalue weighted by Gasteiger charge is -2.47. The highest BCUT2D eigenvalue weighted by molar-refractivity contribution is 6.39. The van der Waals surface area contributed by atoms with Crippen LogP contribution in [0.25, 0.3) is 10.9 Å². The number of Topliss-reactive ketones (excluding diaryl/α,β-unsaturated/α-hetero) is 2. The van der Waals surface area contributed by atoms with E-state index in [1.54, 1.807) is 33.8 Å². The highest BCUT2D eigenvalue weighted by Crippen LogP contribution is 2.40. The third kappa shape index (κ3) is 12.3. The van der Waals surface area contributed by atoms with Gasteiger partial charge >= 0.3 is 5.97 Å². The van der Waals surface area contributed by atoms with E-state index in [-0.39, 0.29) is 43.9 Å². The molecule has 72 heavy (non-hydrogen) atoms. The molecule has 7 rings (SSSR count). The molecule has 1 aromatic heterocycles. The van der Waals surface area contributed by atoms with Crippen molar-refractivity contribution in [3.8, 4) is 5.75 Å². The van der Waals surface area contributed by atoms with Gasteiger partial charge in [0.15, 0.2) is 0 Å². The molecule has 3 fully saturated rings.